The highest BCUT2D eigenvalue weighted by Gasteiger charge is 2.14. The molecule has 0 unspecified atom stereocenters. The van der Waals surface area contributed by atoms with Crippen LogP contribution in [0.5, 0.6) is 0 Å². The average Bonchev–Trinajstić information content (AvgIpc) is 2.65. The highest BCUT2D eigenvalue weighted by molar-refractivity contribution is 7.80. The first-order valence-corrected chi connectivity index (χ1v) is 9.03. The summed E-state index contributed by atoms with van der Waals surface area (Å²) in [4.78, 5) is 17.7. The van der Waals surface area contributed by atoms with Gasteiger partial charge in [-0.05, 0) is 48.8 Å². The van der Waals surface area contributed by atoms with Gasteiger partial charge in [0.25, 0.3) is 5.56 Å². The summed E-state index contributed by atoms with van der Waals surface area (Å²) in [5, 5.41) is 4.73. The molecule has 0 saturated carbocycles. The van der Waals surface area contributed by atoms with E-state index in [1.165, 1.54) is 0 Å². The van der Waals surface area contributed by atoms with Gasteiger partial charge in [-0.15, -0.1) is 0 Å². The topological polar surface area (TPSA) is 48.1 Å². The number of aromatic amines is 1. The minimum Gasteiger partial charge on any atom is -0.366 e. The maximum atomic E-state index is 12.6. The van der Waals surface area contributed by atoms with Gasteiger partial charge in [0, 0.05) is 24.5 Å². The van der Waals surface area contributed by atoms with E-state index in [0.29, 0.717) is 23.8 Å². The van der Waals surface area contributed by atoms with E-state index in [2.05, 4.69) is 35.4 Å². The molecule has 1 heterocycles. The van der Waals surface area contributed by atoms with E-state index in [4.69, 9.17) is 12.2 Å². The van der Waals surface area contributed by atoms with E-state index < -0.39 is 0 Å². The lowest BCUT2D eigenvalue weighted by molar-refractivity contribution is 0.401. The molecule has 1 aromatic heterocycles. The molecule has 0 fully saturated rings. The van der Waals surface area contributed by atoms with Crippen LogP contribution >= 0.6 is 12.2 Å². The first-order valence-electron chi connectivity index (χ1n) is 8.62. The SMILES string of the molecule is CNC(=S)N(Cc1ccccc1)Cc1cc2c(C)ccc(C)c2[nH]c1=O. The molecule has 0 amide bonds. The third-order valence-electron chi connectivity index (χ3n) is 4.60. The van der Waals surface area contributed by atoms with Gasteiger partial charge in [0.2, 0.25) is 0 Å². The van der Waals surface area contributed by atoms with Crippen LogP contribution in [0.25, 0.3) is 10.9 Å². The summed E-state index contributed by atoms with van der Waals surface area (Å²) in [6.45, 7) is 5.16. The minimum atomic E-state index is -0.0665. The monoisotopic (exact) mass is 365 g/mol. The molecule has 0 radical (unpaired) electrons. The molecule has 0 aliphatic rings. The third-order valence-corrected chi connectivity index (χ3v) is 5.06. The first-order chi connectivity index (χ1) is 12.5. The summed E-state index contributed by atoms with van der Waals surface area (Å²) in [7, 11) is 1.80. The van der Waals surface area contributed by atoms with Crippen LogP contribution in [-0.2, 0) is 13.1 Å². The van der Waals surface area contributed by atoms with Crippen molar-refractivity contribution >= 4 is 28.2 Å². The molecule has 3 rings (SSSR count). The van der Waals surface area contributed by atoms with Gasteiger partial charge in [-0.2, -0.15) is 0 Å². The van der Waals surface area contributed by atoms with Gasteiger partial charge >= 0.3 is 0 Å². The van der Waals surface area contributed by atoms with Gasteiger partial charge in [0.1, 0.15) is 0 Å². The molecule has 0 saturated heterocycles. The lowest BCUT2D eigenvalue weighted by Crippen LogP contribution is -2.38. The van der Waals surface area contributed by atoms with Crippen molar-refractivity contribution in [1.29, 1.82) is 0 Å². The number of nitrogens with one attached hydrogen (secondary N) is 2. The zero-order valence-electron chi connectivity index (χ0n) is 15.3. The number of nitrogens with zero attached hydrogens (tertiary/aromatic N) is 1. The van der Waals surface area contributed by atoms with Crippen LogP contribution in [0.4, 0.5) is 0 Å². The number of aryl methyl sites for hydroxylation is 2. The molecule has 2 aromatic carbocycles. The highest BCUT2D eigenvalue weighted by atomic mass is 32.1. The van der Waals surface area contributed by atoms with Crippen molar-refractivity contribution in [2.75, 3.05) is 7.05 Å². The van der Waals surface area contributed by atoms with Gasteiger partial charge in [0.05, 0.1) is 12.1 Å². The standard InChI is InChI=1S/C21H23N3OS/c1-14-9-10-15(2)19-18(14)11-17(20(25)23-19)13-24(21(26)22-3)12-16-7-5-4-6-8-16/h4-11H,12-13H2,1-3H3,(H,22,26)(H,23,25). The molecular formula is C21H23N3OS. The average molecular weight is 366 g/mol. The summed E-state index contributed by atoms with van der Waals surface area (Å²) >= 11 is 5.46. The smallest absolute Gasteiger partial charge is 0.253 e. The Labute approximate surface area is 158 Å². The molecule has 0 spiro atoms. The van der Waals surface area contributed by atoms with Gasteiger partial charge in [-0.3, -0.25) is 4.79 Å². The Balaban J connectivity index is 1.98. The number of H-pyrrole nitrogens is 1. The predicted molar refractivity (Wildman–Crippen MR) is 111 cm³/mol. The maximum absolute atomic E-state index is 12.6. The molecule has 4 nitrogen and oxygen atoms in total. The van der Waals surface area contributed by atoms with E-state index in [1.54, 1.807) is 7.05 Å². The number of fused-ring (bicyclic) bond motifs is 1. The Hall–Kier alpha value is -2.66. The summed E-state index contributed by atoms with van der Waals surface area (Å²) in [5.41, 5.74) is 4.91. The molecule has 3 aromatic rings. The second-order valence-corrected chi connectivity index (χ2v) is 6.90. The van der Waals surface area contributed by atoms with E-state index in [9.17, 15) is 4.79 Å². The summed E-state index contributed by atoms with van der Waals surface area (Å²) in [6, 6.07) is 16.2. The van der Waals surface area contributed by atoms with Gasteiger partial charge < -0.3 is 15.2 Å². The molecule has 134 valence electrons. The Morgan fingerprint density at radius 3 is 2.46 bits per heavy atom. The van der Waals surface area contributed by atoms with Crippen LogP contribution in [0, 0.1) is 13.8 Å². The van der Waals surface area contributed by atoms with Crippen molar-refractivity contribution in [3.63, 3.8) is 0 Å². The second kappa shape index (κ2) is 7.70. The lowest BCUT2D eigenvalue weighted by atomic mass is 10.0. The zero-order valence-corrected chi connectivity index (χ0v) is 16.1. The van der Waals surface area contributed by atoms with Gasteiger partial charge in [-0.1, -0.05) is 42.5 Å². The third kappa shape index (κ3) is 3.78. The van der Waals surface area contributed by atoms with Crippen LogP contribution < -0.4 is 10.9 Å². The van der Waals surface area contributed by atoms with E-state index in [-0.39, 0.29) is 5.56 Å². The van der Waals surface area contributed by atoms with E-state index >= 15 is 0 Å². The highest BCUT2D eigenvalue weighted by Crippen LogP contribution is 2.20. The Morgan fingerprint density at radius 2 is 1.77 bits per heavy atom. The number of hydrogen-bond acceptors (Lipinski definition) is 2. The first kappa shape index (κ1) is 18.1. The maximum Gasteiger partial charge on any atom is 0.253 e. The Morgan fingerprint density at radius 1 is 1.08 bits per heavy atom. The Bertz CT molecular complexity index is 995. The van der Waals surface area contributed by atoms with Gasteiger partial charge in [-0.25, -0.2) is 0 Å². The molecule has 0 bridgehead atoms. The number of thiocarbonyl (C=S) groups is 1. The largest absolute Gasteiger partial charge is 0.366 e. The Kier molecular flexibility index (Phi) is 5.38. The fourth-order valence-electron chi connectivity index (χ4n) is 3.10. The van der Waals surface area contributed by atoms with Crippen molar-refractivity contribution in [3.8, 4) is 0 Å². The van der Waals surface area contributed by atoms with Crippen molar-refractivity contribution in [2.24, 2.45) is 0 Å². The van der Waals surface area contributed by atoms with Crippen molar-refractivity contribution in [2.45, 2.75) is 26.9 Å². The normalized spacial score (nSPS) is 10.7. The second-order valence-electron chi connectivity index (χ2n) is 6.51. The number of benzene rings is 2. The summed E-state index contributed by atoms with van der Waals surface area (Å²) in [5.74, 6) is 0. The molecule has 0 atom stereocenters. The van der Waals surface area contributed by atoms with Gasteiger partial charge in [0.15, 0.2) is 5.11 Å². The van der Waals surface area contributed by atoms with Crippen molar-refractivity contribution in [3.05, 3.63) is 81.1 Å². The molecular weight excluding hydrogens is 342 g/mol. The predicted octanol–water partition coefficient (Wildman–Crippen LogP) is 3.65. The minimum absolute atomic E-state index is 0.0665. The van der Waals surface area contributed by atoms with Crippen molar-refractivity contribution < 1.29 is 0 Å². The summed E-state index contributed by atoms with van der Waals surface area (Å²) < 4.78 is 0. The fourth-order valence-corrected chi connectivity index (χ4v) is 3.23. The lowest BCUT2D eigenvalue weighted by Gasteiger charge is -2.25. The number of rotatable bonds is 4. The quantitative estimate of drug-likeness (QED) is 0.693. The molecule has 0 aliphatic carbocycles. The van der Waals surface area contributed by atoms with Crippen LogP contribution in [-0.4, -0.2) is 22.0 Å². The van der Waals surface area contributed by atoms with E-state index in [1.807, 2.05) is 42.2 Å². The zero-order chi connectivity index (χ0) is 18.7. The van der Waals surface area contributed by atoms with Crippen molar-refractivity contribution in [1.82, 2.24) is 15.2 Å². The molecule has 5 heteroatoms. The molecule has 2 N–H and O–H groups in total. The fraction of sp³-hybridized carbons (Fsp3) is 0.238. The summed E-state index contributed by atoms with van der Waals surface area (Å²) in [6.07, 6.45) is 0. The number of aromatic nitrogens is 1. The van der Waals surface area contributed by atoms with Crippen LogP contribution in [0.3, 0.4) is 0 Å². The van der Waals surface area contributed by atoms with Crippen LogP contribution in [0.15, 0.2) is 53.3 Å². The van der Waals surface area contributed by atoms with Crippen LogP contribution in [0.2, 0.25) is 0 Å². The van der Waals surface area contributed by atoms with Crippen LogP contribution in [0.1, 0.15) is 22.3 Å². The number of pyridine rings is 1. The molecule has 0 aliphatic heterocycles. The van der Waals surface area contributed by atoms with E-state index in [0.717, 1.165) is 27.6 Å². The number of hydrogen-bond donors (Lipinski definition) is 2. The molecule has 26 heavy (non-hydrogen) atoms.